The van der Waals surface area contributed by atoms with Gasteiger partial charge >= 0.3 is 0 Å². The molecule has 1 fully saturated rings. The summed E-state index contributed by atoms with van der Waals surface area (Å²) in [7, 11) is 0. The van der Waals surface area contributed by atoms with Gasteiger partial charge in [0.2, 0.25) is 0 Å². The van der Waals surface area contributed by atoms with Crippen LogP contribution in [0.15, 0.2) is 11.1 Å². The van der Waals surface area contributed by atoms with Crippen LogP contribution in [0, 0.1) is 5.92 Å². The van der Waals surface area contributed by atoms with Crippen molar-refractivity contribution in [2.24, 2.45) is 5.92 Å². The molecule has 0 aliphatic heterocycles. The summed E-state index contributed by atoms with van der Waals surface area (Å²) in [6.45, 7) is 2.28. The molecule has 0 radical (unpaired) electrons. The molecule has 0 heteroatoms. The van der Waals surface area contributed by atoms with Crippen LogP contribution in [0.5, 0.6) is 0 Å². The van der Waals surface area contributed by atoms with Crippen LogP contribution in [0.2, 0.25) is 0 Å². The lowest BCUT2D eigenvalue weighted by Gasteiger charge is -1.87. The smallest absolute Gasteiger partial charge is 0.0160 e. The van der Waals surface area contributed by atoms with Crippen LogP contribution in [0.4, 0.5) is 0 Å². The Bertz CT molecular complexity index is 131. The van der Waals surface area contributed by atoms with Crippen LogP contribution in [-0.4, -0.2) is 0 Å². The van der Waals surface area contributed by atoms with E-state index in [1.54, 1.807) is 11.1 Å². The van der Waals surface area contributed by atoms with Gasteiger partial charge in [-0.15, -0.1) is 0 Å². The molecule has 1 atom stereocenters. The highest BCUT2D eigenvalue weighted by Gasteiger charge is 2.35. The molecule has 1 saturated carbocycles. The van der Waals surface area contributed by atoms with Crippen molar-refractivity contribution in [1.29, 1.82) is 0 Å². The highest BCUT2D eigenvalue weighted by Crippen LogP contribution is 2.50. The summed E-state index contributed by atoms with van der Waals surface area (Å²) in [4.78, 5) is 0. The van der Waals surface area contributed by atoms with Crippen molar-refractivity contribution < 1.29 is 0 Å². The average molecular weight is 94.2 g/mol. The molecule has 0 nitrogen and oxygen atoms in total. The summed E-state index contributed by atoms with van der Waals surface area (Å²) in [6.07, 6.45) is 4.33. The summed E-state index contributed by atoms with van der Waals surface area (Å²) in [6, 6.07) is 0. The SMILES string of the molecule is CC1=C2CC2CC1. The third kappa shape index (κ3) is 0.370. The van der Waals surface area contributed by atoms with E-state index in [1.807, 2.05) is 0 Å². The normalized spacial score (nSPS) is 36.4. The maximum atomic E-state index is 2.28. The first-order valence-corrected chi connectivity index (χ1v) is 3.06. The molecule has 0 aromatic rings. The van der Waals surface area contributed by atoms with Gasteiger partial charge in [-0.2, -0.15) is 0 Å². The Morgan fingerprint density at radius 1 is 1.57 bits per heavy atom. The van der Waals surface area contributed by atoms with Crippen molar-refractivity contribution in [1.82, 2.24) is 0 Å². The summed E-state index contributed by atoms with van der Waals surface area (Å²) in [5, 5.41) is 0. The molecule has 0 aromatic carbocycles. The molecular formula is C7H10. The van der Waals surface area contributed by atoms with Crippen LogP contribution in [-0.2, 0) is 0 Å². The molecule has 1 unspecified atom stereocenters. The second-order valence-electron chi connectivity index (χ2n) is 2.75. The van der Waals surface area contributed by atoms with Gasteiger partial charge in [-0.05, 0) is 32.1 Å². The van der Waals surface area contributed by atoms with Gasteiger partial charge in [-0.25, -0.2) is 0 Å². The van der Waals surface area contributed by atoms with Crippen molar-refractivity contribution in [3.8, 4) is 0 Å². The second kappa shape index (κ2) is 0.936. The van der Waals surface area contributed by atoms with Crippen molar-refractivity contribution in [2.45, 2.75) is 26.2 Å². The fourth-order valence-electron chi connectivity index (χ4n) is 1.56. The minimum Gasteiger partial charge on any atom is -0.0738 e. The first-order chi connectivity index (χ1) is 3.38. The largest absolute Gasteiger partial charge is 0.0738 e. The lowest BCUT2D eigenvalue weighted by atomic mass is 10.2. The van der Waals surface area contributed by atoms with Crippen LogP contribution < -0.4 is 0 Å². The van der Waals surface area contributed by atoms with Crippen molar-refractivity contribution >= 4 is 0 Å². The van der Waals surface area contributed by atoms with E-state index in [-0.39, 0.29) is 0 Å². The topological polar surface area (TPSA) is 0 Å². The molecule has 38 valence electrons. The van der Waals surface area contributed by atoms with Crippen LogP contribution in [0.25, 0.3) is 0 Å². The Balaban J connectivity index is 2.36. The Hall–Kier alpha value is -0.260. The molecule has 2 aliphatic carbocycles. The van der Waals surface area contributed by atoms with E-state index < -0.39 is 0 Å². The summed E-state index contributed by atoms with van der Waals surface area (Å²) < 4.78 is 0. The predicted molar refractivity (Wildman–Crippen MR) is 30.0 cm³/mol. The number of hydrogen-bond acceptors (Lipinski definition) is 0. The van der Waals surface area contributed by atoms with E-state index >= 15 is 0 Å². The molecule has 7 heavy (non-hydrogen) atoms. The number of rotatable bonds is 0. The van der Waals surface area contributed by atoms with E-state index in [0.717, 1.165) is 5.92 Å². The monoisotopic (exact) mass is 94.1 g/mol. The number of fused-ring (bicyclic) bond motifs is 1. The molecule has 0 spiro atoms. The molecule has 2 rings (SSSR count). The molecular weight excluding hydrogens is 84.1 g/mol. The third-order valence-electron chi connectivity index (χ3n) is 2.21. The molecule has 0 amide bonds. The van der Waals surface area contributed by atoms with E-state index in [1.165, 1.54) is 19.3 Å². The maximum absolute atomic E-state index is 2.28. The Morgan fingerprint density at radius 2 is 2.43 bits per heavy atom. The van der Waals surface area contributed by atoms with Crippen LogP contribution in [0.3, 0.4) is 0 Å². The zero-order valence-corrected chi connectivity index (χ0v) is 4.70. The molecule has 0 bridgehead atoms. The first-order valence-electron chi connectivity index (χ1n) is 3.06. The quantitative estimate of drug-likeness (QED) is 0.403. The van der Waals surface area contributed by atoms with Gasteiger partial charge in [-0.1, -0.05) is 11.1 Å². The molecule has 0 aromatic heterocycles. The maximum Gasteiger partial charge on any atom is -0.0160 e. The van der Waals surface area contributed by atoms with Gasteiger partial charge in [0.05, 0.1) is 0 Å². The van der Waals surface area contributed by atoms with Gasteiger partial charge < -0.3 is 0 Å². The van der Waals surface area contributed by atoms with E-state index in [2.05, 4.69) is 6.92 Å². The third-order valence-corrected chi connectivity index (χ3v) is 2.21. The van der Waals surface area contributed by atoms with Gasteiger partial charge in [0.1, 0.15) is 0 Å². The molecule has 0 heterocycles. The van der Waals surface area contributed by atoms with E-state index in [0.29, 0.717) is 0 Å². The van der Waals surface area contributed by atoms with Gasteiger partial charge in [0.15, 0.2) is 0 Å². The molecule has 0 saturated heterocycles. The van der Waals surface area contributed by atoms with Gasteiger partial charge in [0, 0.05) is 0 Å². The second-order valence-corrected chi connectivity index (χ2v) is 2.75. The number of allylic oxidation sites excluding steroid dienone is 2. The summed E-state index contributed by atoms with van der Waals surface area (Å²) in [5.74, 6) is 1.07. The lowest BCUT2D eigenvalue weighted by molar-refractivity contribution is 0.776. The van der Waals surface area contributed by atoms with Gasteiger partial charge in [0.25, 0.3) is 0 Å². The van der Waals surface area contributed by atoms with E-state index in [4.69, 9.17) is 0 Å². The molecule has 0 N–H and O–H groups in total. The highest BCUT2D eigenvalue weighted by molar-refractivity contribution is 5.33. The Labute approximate surface area is 44.2 Å². The fraction of sp³-hybridized carbons (Fsp3) is 0.714. The van der Waals surface area contributed by atoms with Crippen molar-refractivity contribution in [3.63, 3.8) is 0 Å². The minimum absolute atomic E-state index is 1.07. The first kappa shape index (κ1) is 3.71. The lowest BCUT2D eigenvalue weighted by Crippen LogP contribution is -1.69. The molecule has 2 aliphatic rings. The average Bonchev–Trinajstić information content (AvgIpc) is 2.33. The summed E-state index contributed by atoms with van der Waals surface area (Å²) in [5.41, 5.74) is 3.49. The van der Waals surface area contributed by atoms with Crippen molar-refractivity contribution in [3.05, 3.63) is 11.1 Å². The van der Waals surface area contributed by atoms with Crippen LogP contribution >= 0.6 is 0 Å². The number of hydrogen-bond donors (Lipinski definition) is 0. The van der Waals surface area contributed by atoms with Crippen molar-refractivity contribution in [2.75, 3.05) is 0 Å². The minimum atomic E-state index is 1.07. The van der Waals surface area contributed by atoms with Gasteiger partial charge in [-0.3, -0.25) is 0 Å². The zero-order valence-electron chi connectivity index (χ0n) is 4.70. The van der Waals surface area contributed by atoms with E-state index in [9.17, 15) is 0 Å². The zero-order chi connectivity index (χ0) is 4.85. The Kier molecular flexibility index (Phi) is 0.495. The van der Waals surface area contributed by atoms with Crippen LogP contribution in [0.1, 0.15) is 26.2 Å². The Morgan fingerprint density at radius 3 is 2.57 bits per heavy atom. The standard InChI is InChI=1S/C7H10/c1-5-2-3-6-4-7(5)6/h6H,2-4H2,1H3. The predicted octanol–water partition coefficient (Wildman–Crippen LogP) is 2.12. The summed E-state index contributed by atoms with van der Waals surface area (Å²) >= 11 is 0. The fourth-order valence-corrected chi connectivity index (χ4v) is 1.56. The highest BCUT2D eigenvalue weighted by atomic mass is 14.4.